The van der Waals surface area contributed by atoms with Crippen LogP contribution in [0.1, 0.15) is 24.4 Å². The number of nitrogens with zero attached hydrogens (tertiary/aromatic N) is 5. The highest BCUT2D eigenvalue weighted by Gasteiger charge is 2.26. The molecule has 0 aromatic carbocycles. The number of esters is 1. The smallest absolute Gasteiger partial charge is 0.333 e. The van der Waals surface area contributed by atoms with Gasteiger partial charge in [-0.15, -0.1) is 0 Å². The van der Waals surface area contributed by atoms with Gasteiger partial charge in [0.1, 0.15) is 6.04 Å². The molecule has 0 aliphatic heterocycles. The van der Waals surface area contributed by atoms with Crippen molar-refractivity contribution in [3.8, 4) is 0 Å². The van der Waals surface area contributed by atoms with Gasteiger partial charge in [-0.3, -0.25) is 13.8 Å². The van der Waals surface area contributed by atoms with Gasteiger partial charge in [-0.1, -0.05) is 0 Å². The Hall–Kier alpha value is -2.88. The largest absolute Gasteiger partial charge is 0.467 e. The molecule has 0 aliphatic carbocycles. The zero-order chi connectivity index (χ0) is 20.0. The molecule has 27 heavy (non-hydrogen) atoms. The molecule has 0 fully saturated rings. The van der Waals surface area contributed by atoms with Gasteiger partial charge in [0.05, 0.1) is 13.7 Å². The summed E-state index contributed by atoms with van der Waals surface area (Å²) in [6.07, 6.45) is 0. The molecule has 0 aliphatic rings. The highest BCUT2D eigenvalue weighted by Crippen LogP contribution is 2.20. The minimum atomic E-state index is -1.05. The fraction of sp³-hybridized carbons (Fsp3) is 0.529. The van der Waals surface area contributed by atoms with Gasteiger partial charge in [-0.25, -0.2) is 14.2 Å². The predicted molar refractivity (Wildman–Crippen MR) is 98.3 cm³/mol. The predicted octanol–water partition coefficient (Wildman–Crippen LogP) is 0.147. The van der Waals surface area contributed by atoms with Crippen molar-refractivity contribution in [1.29, 1.82) is 0 Å². The Labute approximate surface area is 154 Å². The summed E-state index contributed by atoms with van der Waals surface area (Å²) in [4.78, 5) is 42.4. The molecule has 0 N–H and O–H groups in total. The molecular weight excluding hydrogens is 354 g/mol. The van der Waals surface area contributed by atoms with Crippen molar-refractivity contribution < 1.29 is 14.3 Å². The van der Waals surface area contributed by atoms with Crippen molar-refractivity contribution in [3.05, 3.63) is 32.2 Å². The number of methoxy groups -OCH3 is 2. The maximum absolute atomic E-state index is 13.2. The van der Waals surface area contributed by atoms with Crippen LogP contribution in [0.3, 0.4) is 0 Å². The second kappa shape index (κ2) is 6.69. The first-order valence-electron chi connectivity index (χ1n) is 8.52. The molecule has 10 nitrogen and oxygen atoms in total. The topological polar surface area (TPSA) is 102 Å². The maximum atomic E-state index is 13.2. The molecule has 1 atom stereocenters. The van der Waals surface area contributed by atoms with E-state index >= 15 is 0 Å². The van der Waals surface area contributed by atoms with E-state index < -0.39 is 23.3 Å². The number of ether oxygens (including phenoxy) is 2. The summed E-state index contributed by atoms with van der Waals surface area (Å²) < 4.78 is 15.7. The van der Waals surface area contributed by atoms with Crippen LogP contribution in [0, 0.1) is 13.8 Å². The first-order valence-corrected chi connectivity index (χ1v) is 8.52. The van der Waals surface area contributed by atoms with Crippen LogP contribution < -0.4 is 11.2 Å². The Balaban J connectivity index is 2.45. The molecule has 3 heterocycles. The Bertz CT molecular complexity index is 1160. The van der Waals surface area contributed by atoms with E-state index in [4.69, 9.17) is 9.47 Å². The summed E-state index contributed by atoms with van der Waals surface area (Å²) in [5.74, 6) is -0.118. The molecule has 0 saturated carbocycles. The summed E-state index contributed by atoms with van der Waals surface area (Å²) in [5.41, 5.74) is 1.09. The summed E-state index contributed by atoms with van der Waals surface area (Å²) >= 11 is 0. The second-order valence-electron chi connectivity index (χ2n) is 6.45. The number of fused-ring (bicyclic) bond motifs is 3. The first kappa shape index (κ1) is 18.9. The maximum Gasteiger partial charge on any atom is 0.333 e. The number of carbonyl (C=O) groups is 1. The SMILES string of the molecule is COCCn1c(C)c(C)n2c3c(=O)n(C(C)C(=O)OC)c(=O)n(C)c3nc12. The van der Waals surface area contributed by atoms with Gasteiger partial charge >= 0.3 is 11.7 Å². The number of hydrogen-bond donors (Lipinski definition) is 0. The molecule has 0 radical (unpaired) electrons. The van der Waals surface area contributed by atoms with Crippen molar-refractivity contribution in [2.45, 2.75) is 33.4 Å². The van der Waals surface area contributed by atoms with E-state index in [2.05, 4.69) is 4.98 Å². The molecule has 10 heteroatoms. The van der Waals surface area contributed by atoms with Crippen molar-refractivity contribution in [2.75, 3.05) is 20.8 Å². The van der Waals surface area contributed by atoms with Crippen LogP contribution in [0.2, 0.25) is 0 Å². The van der Waals surface area contributed by atoms with Gasteiger partial charge < -0.3 is 14.0 Å². The molecule has 146 valence electrons. The minimum Gasteiger partial charge on any atom is -0.467 e. The quantitative estimate of drug-likeness (QED) is 0.587. The summed E-state index contributed by atoms with van der Waals surface area (Å²) in [6.45, 7) is 6.31. The lowest BCUT2D eigenvalue weighted by Crippen LogP contribution is -2.43. The van der Waals surface area contributed by atoms with Crippen LogP contribution in [-0.2, 0) is 27.9 Å². The summed E-state index contributed by atoms with van der Waals surface area (Å²) in [6, 6.07) is -1.05. The fourth-order valence-electron chi connectivity index (χ4n) is 3.35. The van der Waals surface area contributed by atoms with Crippen LogP contribution >= 0.6 is 0 Å². The highest BCUT2D eigenvalue weighted by atomic mass is 16.5. The van der Waals surface area contributed by atoms with E-state index in [0.29, 0.717) is 18.9 Å². The average Bonchev–Trinajstić information content (AvgIpc) is 3.14. The van der Waals surface area contributed by atoms with Crippen LogP contribution in [0.25, 0.3) is 16.9 Å². The number of aromatic nitrogens is 5. The number of aryl methyl sites for hydroxylation is 2. The van der Waals surface area contributed by atoms with E-state index in [1.54, 1.807) is 11.5 Å². The molecule has 3 rings (SSSR count). The third kappa shape index (κ3) is 2.59. The van der Waals surface area contributed by atoms with Gasteiger partial charge in [0, 0.05) is 32.1 Å². The Morgan fingerprint density at radius 1 is 1.19 bits per heavy atom. The van der Waals surface area contributed by atoms with E-state index in [-0.39, 0.29) is 11.2 Å². The molecule has 0 spiro atoms. The monoisotopic (exact) mass is 377 g/mol. The van der Waals surface area contributed by atoms with Crippen molar-refractivity contribution in [2.24, 2.45) is 7.05 Å². The fourth-order valence-corrected chi connectivity index (χ4v) is 3.35. The second-order valence-corrected chi connectivity index (χ2v) is 6.45. The van der Waals surface area contributed by atoms with Crippen LogP contribution in [0.5, 0.6) is 0 Å². The molecule has 0 amide bonds. The lowest BCUT2D eigenvalue weighted by atomic mass is 10.3. The highest BCUT2D eigenvalue weighted by molar-refractivity contribution is 5.78. The molecule has 0 bridgehead atoms. The third-order valence-corrected chi connectivity index (χ3v) is 5.03. The van der Waals surface area contributed by atoms with Crippen LogP contribution in [0.15, 0.2) is 9.59 Å². The van der Waals surface area contributed by atoms with Crippen molar-refractivity contribution in [1.82, 2.24) is 23.1 Å². The Morgan fingerprint density at radius 3 is 2.44 bits per heavy atom. The van der Waals surface area contributed by atoms with Gasteiger partial charge in [0.15, 0.2) is 11.2 Å². The third-order valence-electron chi connectivity index (χ3n) is 5.03. The zero-order valence-electron chi connectivity index (χ0n) is 16.3. The summed E-state index contributed by atoms with van der Waals surface area (Å²) in [7, 11) is 4.35. The lowest BCUT2D eigenvalue weighted by Gasteiger charge is -2.13. The van der Waals surface area contributed by atoms with Gasteiger partial charge in [-0.05, 0) is 20.8 Å². The van der Waals surface area contributed by atoms with Gasteiger partial charge in [0.2, 0.25) is 5.78 Å². The molecule has 3 aromatic heterocycles. The number of imidazole rings is 2. The lowest BCUT2D eigenvalue weighted by molar-refractivity contribution is -0.144. The Kier molecular flexibility index (Phi) is 4.68. The van der Waals surface area contributed by atoms with Crippen LogP contribution in [-0.4, -0.2) is 49.9 Å². The zero-order valence-corrected chi connectivity index (χ0v) is 16.3. The van der Waals surface area contributed by atoms with Gasteiger partial charge in [0.25, 0.3) is 5.56 Å². The number of rotatable bonds is 5. The van der Waals surface area contributed by atoms with Crippen molar-refractivity contribution in [3.63, 3.8) is 0 Å². The van der Waals surface area contributed by atoms with Crippen molar-refractivity contribution >= 4 is 22.9 Å². The molecule has 1 unspecified atom stereocenters. The molecule has 0 saturated heterocycles. The summed E-state index contributed by atoms with van der Waals surface area (Å²) in [5, 5.41) is 0. The number of carbonyl (C=O) groups excluding carboxylic acids is 1. The first-order chi connectivity index (χ1) is 12.8. The standard InChI is InChI=1S/C17H23N5O5/c1-9-10(2)21-12-13(18-16(21)20(9)7-8-26-5)19(4)17(25)22(14(12)23)11(3)15(24)27-6/h11H,7-8H2,1-6H3. The molecule has 3 aromatic rings. The normalized spacial score (nSPS) is 12.8. The molecular formula is C17H23N5O5. The van der Waals surface area contributed by atoms with E-state index in [1.165, 1.54) is 25.6 Å². The van der Waals surface area contributed by atoms with E-state index in [1.807, 2.05) is 18.4 Å². The number of hydrogen-bond acceptors (Lipinski definition) is 6. The van der Waals surface area contributed by atoms with Gasteiger partial charge in [-0.2, -0.15) is 4.98 Å². The minimum absolute atomic E-state index is 0.250. The average molecular weight is 377 g/mol. The van der Waals surface area contributed by atoms with E-state index in [9.17, 15) is 14.4 Å². The van der Waals surface area contributed by atoms with Crippen LogP contribution in [0.4, 0.5) is 0 Å². The van der Waals surface area contributed by atoms with E-state index in [0.717, 1.165) is 16.0 Å². The Morgan fingerprint density at radius 2 is 1.85 bits per heavy atom.